The summed E-state index contributed by atoms with van der Waals surface area (Å²) < 4.78 is 0. The van der Waals surface area contributed by atoms with Crippen LogP contribution < -0.4 is 5.32 Å². The lowest BCUT2D eigenvalue weighted by atomic mass is 10.00. The third-order valence-electron chi connectivity index (χ3n) is 3.06. The van der Waals surface area contributed by atoms with Crippen LogP contribution in [0.4, 0.5) is 5.69 Å². The first-order valence-electron chi connectivity index (χ1n) is 6.04. The van der Waals surface area contributed by atoms with E-state index in [1.54, 1.807) is 0 Å². The smallest absolute Gasteiger partial charge is 0.0343 e. The summed E-state index contributed by atoms with van der Waals surface area (Å²) in [6, 6.07) is 13.2. The number of unbranched alkanes of at least 4 members (excludes halogenated alkanes) is 1. The van der Waals surface area contributed by atoms with Crippen molar-refractivity contribution in [1.29, 1.82) is 0 Å². The number of hydrogen-bond donors (Lipinski definition) is 1. The van der Waals surface area contributed by atoms with Crippen LogP contribution in [0.2, 0.25) is 0 Å². The SMILES string of the molecule is CCCCc1cccc2cc(NC)ccc12. The largest absolute Gasteiger partial charge is 0.388 e. The molecule has 1 nitrogen and oxygen atoms in total. The van der Waals surface area contributed by atoms with E-state index in [-0.39, 0.29) is 0 Å². The van der Waals surface area contributed by atoms with Crippen LogP contribution in [0.3, 0.4) is 0 Å². The Morgan fingerprint density at radius 2 is 2.00 bits per heavy atom. The summed E-state index contributed by atoms with van der Waals surface area (Å²) >= 11 is 0. The van der Waals surface area contributed by atoms with Crippen LogP contribution in [-0.2, 0) is 6.42 Å². The fourth-order valence-electron chi connectivity index (χ4n) is 2.09. The van der Waals surface area contributed by atoms with Crippen LogP contribution in [0, 0.1) is 0 Å². The van der Waals surface area contributed by atoms with Crippen molar-refractivity contribution in [1.82, 2.24) is 0 Å². The van der Waals surface area contributed by atoms with Gasteiger partial charge in [0.2, 0.25) is 0 Å². The average molecular weight is 213 g/mol. The van der Waals surface area contributed by atoms with Gasteiger partial charge in [-0.3, -0.25) is 0 Å². The third-order valence-corrected chi connectivity index (χ3v) is 3.06. The van der Waals surface area contributed by atoms with Crippen molar-refractivity contribution >= 4 is 16.5 Å². The molecular formula is C15H19N. The zero-order valence-electron chi connectivity index (χ0n) is 10.1. The highest BCUT2D eigenvalue weighted by atomic mass is 14.8. The lowest BCUT2D eigenvalue weighted by molar-refractivity contribution is 0.799. The molecule has 2 aromatic carbocycles. The highest BCUT2D eigenvalue weighted by molar-refractivity contribution is 5.88. The van der Waals surface area contributed by atoms with Crippen molar-refractivity contribution in [3.63, 3.8) is 0 Å². The van der Waals surface area contributed by atoms with Crippen LogP contribution in [0.25, 0.3) is 10.8 Å². The number of rotatable bonds is 4. The molecule has 0 fully saturated rings. The van der Waals surface area contributed by atoms with Gasteiger partial charge < -0.3 is 5.32 Å². The molecule has 2 aromatic rings. The quantitative estimate of drug-likeness (QED) is 0.801. The van der Waals surface area contributed by atoms with Crippen molar-refractivity contribution in [2.75, 3.05) is 12.4 Å². The Morgan fingerprint density at radius 1 is 1.12 bits per heavy atom. The predicted molar refractivity (Wildman–Crippen MR) is 72.1 cm³/mol. The lowest BCUT2D eigenvalue weighted by Gasteiger charge is -2.07. The Kier molecular flexibility index (Phi) is 3.45. The Balaban J connectivity index is 2.43. The molecule has 0 spiro atoms. The second-order valence-corrected chi connectivity index (χ2v) is 4.21. The monoisotopic (exact) mass is 213 g/mol. The molecule has 1 N–H and O–H groups in total. The van der Waals surface area contributed by atoms with Gasteiger partial charge in [-0.25, -0.2) is 0 Å². The van der Waals surface area contributed by atoms with Crippen LogP contribution in [-0.4, -0.2) is 7.05 Å². The highest BCUT2D eigenvalue weighted by Crippen LogP contribution is 2.23. The van der Waals surface area contributed by atoms with E-state index in [2.05, 4.69) is 48.6 Å². The second-order valence-electron chi connectivity index (χ2n) is 4.21. The number of hydrogen-bond acceptors (Lipinski definition) is 1. The molecule has 0 atom stereocenters. The summed E-state index contributed by atoms with van der Waals surface area (Å²) in [4.78, 5) is 0. The third kappa shape index (κ3) is 2.19. The zero-order valence-corrected chi connectivity index (χ0v) is 10.1. The number of anilines is 1. The molecule has 0 saturated carbocycles. The molecule has 84 valence electrons. The van der Waals surface area contributed by atoms with Crippen molar-refractivity contribution < 1.29 is 0 Å². The molecule has 0 aliphatic heterocycles. The molecule has 0 aliphatic rings. The van der Waals surface area contributed by atoms with Gasteiger partial charge in [0.05, 0.1) is 0 Å². The zero-order chi connectivity index (χ0) is 11.4. The van der Waals surface area contributed by atoms with Gasteiger partial charge in [0.1, 0.15) is 0 Å². The molecule has 0 unspecified atom stereocenters. The average Bonchev–Trinajstić information content (AvgIpc) is 2.35. The van der Waals surface area contributed by atoms with E-state index in [0.29, 0.717) is 0 Å². The molecule has 16 heavy (non-hydrogen) atoms. The van der Waals surface area contributed by atoms with Crippen molar-refractivity contribution in [2.45, 2.75) is 26.2 Å². The maximum absolute atomic E-state index is 3.18. The van der Waals surface area contributed by atoms with Crippen LogP contribution in [0.15, 0.2) is 36.4 Å². The minimum atomic E-state index is 1.18. The van der Waals surface area contributed by atoms with E-state index in [4.69, 9.17) is 0 Å². The van der Waals surface area contributed by atoms with E-state index in [9.17, 15) is 0 Å². The molecule has 0 radical (unpaired) electrons. The first kappa shape index (κ1) is 11.0. The highest BCUT2D eigenvalue weighted by Gasteiger charge is 2.00. The maximum Gasteiger partial charge on any atom is 0.0343 e. The molecule has 0 heterocycles. The maximum atomic E-state index is 3.18. The van der Waals surface area contributed by atoms with Gasteiger partial charge in [-0.05, 0) is 41.3 Å². The van der Waals surface area contributed by atoms with Crippen molar-refractivity contribution in [2.24, 2.45) is 0 Å². The Morgan fingerprint density at radius 3 is 2.75 bits per heavy atom. The molecule has 0 saturated heterocycles. The summed E-state index contributed by atoms with van der Waals surface area (Å²) in [7, 11) is 1.96. The number of fused-ring (bicyclic) bond motifs is 1. The summed E-state index contributed by atoms with van der Waals surface area (Å²) in [5.41, 5.74) is 2.65. The molecular weight excluding hydrogens is 194 g/mol. The van der Waals surface area contributed by atoms with E-state index in [1.165, 1.54) is 41.3 Å². The topological polar surface area (TPSA) is 12.0 Å². The van der Waals surface area contributed by atoms with Gasteiger partial charge in [-0.1, -0.05) is 37.6 Å². The van der Waals surface area contributed by atoms with Crippen LogP contribution >= 0.6 is 0 Å². The van der Waals surface area contributed by atoms with E-state index >= 15 is 0 Å². The number of benzene rings is 2. The standard InChI is InChI=1S/C15H19N/c1-3-4-6-12-7-5-8-13-11-14(16-2)9-10-15(12)13/h5,7-11,16H,3-4,6H2,1-2H3. The fourth-order valence-corrected chi connectivity index (χ4v) is 2.09. The first-order valence-corrected chi connectivity index (χ1v) is 6.04. The van der Waals surface area contributed by atoms with Gasteiger partial charge in [0.15, 0.2) is 0 Å². The summed E-state index contributed by atoms with van der Waals surface area (Å²) in [5, 5.41) is 5.91. The molecule has 0 aliphatic carbocycles. The minimum absolute atomic E-state index is 1.18. The first-order chi connectivity index (χ1) is 7.85. The Labute approximate surface area is 97.5 Å². The van der Waals surface area contributed by atoms with Gasteiger partial charge in [-0.15, -0.1) is 0 Å². The molecule has 1 heteroatoms. The van der Waals surface area contributed by atoms with Gasteiger partial charge in [0.25, 0.3) is 0 Å². The number of aryl methyl sites for hydroxylation is 1. The minimum Gasteiger partial charge on any atom is -0.388 e. The van der Waals surface area contributed by atoms with Gasteiger partial charge >= 0.3 is 0 Å². The molecule has 2 rings (SSSR count). The van der Waals surface area contributed by atoms with E-state index < -0.39 is 0 Å². The summed E-state index contributed by atoms with van der Waals surface area (Å²) in [6.07, 6.45) is 3.71. The molecule has 0 amide bonds. The van der Waals surface area contributed by atoms with Gasteiger partial charge in [-0.2, -0.15) is 0 Å². The summed E-state index contributed by atoms with van der Waals surface area (Å²) in [6.45, 7) is 2.24. The van der Waals surface area contributed by atoms with Crippen LogP contribution in [0.5, 0.6) is 0 Å². The normalized spacial score (nSPS) is 10.6. The van der Waals surface area contributed by atoms with E-state index in [1.807, 2.05) is 7.05 Å². The van der Waals surface area contributed by atoms with Crippen LogP contribution in [0.1, 0.15) is 25.3 Å². The predicted octanol–water partition coefficient (Wildman–Crippen LogP) is 4.22. The van der Waals surface area contributed by atoms with Crippen molar-refractivity contribution in [3.05, 3.63) is 42.0 Å². The Bertz CT molecular complexity index is 474. The Hall–Kier alpha value is -1.50. The second kappa shape index (κ2) is 5.02. The lowest BCUT2D eigenvalue weighted by Crippen LogP contribution is -1.90. The molecule has 0 aromatic heterocycles. The van der Waals surface area contributed by atoms with E-state index in [0.717, 1.165) is 0 Å². The fraction of sp³-hybridized carbons (Fsp3) is 0.333. The summed E-state index contributed by atoms with van der Waals surface area (Å²) in [5.74, 6) is 0. The van der Waals surface area contributed by atoms with Gasteiger partial charge in [0, 0.05) is 12.7 Å². The molecule has 0 bridgehead atoms. The van der Waals surface area contributed by atoms with Crippen molar-refractivity contribution in [3.8, 4) is 0 Å². The number of nitrogens with one attached hydrogen (secondary N) is 1.